The molecule has 0 unspecified atom stereocenters. The molecule has 0 aliphatic rings. The lowest BCUT2D eigenvalue weighted by atomic mass is 10.1. The minimum Gasteiger partial charge on any atom is -0.477 e. The van der Waals surface area contributed by atoms with E-state index in [-0.39, 0.29) is 0 Å². The molecule has 88 valence electrons. The molecule has 0 radical (unpaired) electrons. The fourth-order valence-corrected chi connectivity index (χ4v) is 2.26. The van der Waals surface area contributed by atoms with E-state index in [4.69, 9.17) is 11.6 Å². The van der Waals surface area contributed by atoms with Crippen molar-refractivity contribution in [1.29, 1.82) is 0 Å². The molecule has 0 saturated heterocycles. The summed E-state index contributed by atoms with van der Waals surface area (Å²) in [5, 5.41) is 10.7. The first kappa shape index (κ1) is 11.7. The molecule has 2 rings (SSSR count). The van der Waals surface area contributed by atoms with Gasteiger partial charge in [0.15, 0.2) is 0 Å². The van der Waals surface area contributed by atoms with Crippen LogP contribution in [0.25, 0.3) is 10.9 Å². The van der Waals surface area contributed by atoms with E-state index >= 15 is 0 Å². The number of nitrogens with zero attached hydrogens (tertiary/aromatic N) is 1. The molecule has 2 aromatic rings. The molecule has 1 heterocycles. The highest BCUT2D eigenvalue weighted by Gasteiger charge is 2.18. The van der Waals surface area contributed by atoms with Crippen LogP contribution in [0.1, 0.15) is 16.1 Å². The summed E-state index contributed by atoms with van der Waals surface area (Å²) >= 11 is 5.93. The molecule has 1 aromatic heterocycles. The number of hydrogen-bond acceptors (Lipinski definition) is 1. The summed E-state index contributed by atoms with van der Waals surface area (Å²) in [5.74, 6) is -0.934. The predicted molar refractivity (Wildman–Crippen MR) is 68.8 cm³/mol. The standard InChI is InChI=1S/C13H12ClNO2/c1-3-6-15-11-5-4-9(14)7-10(11)8(2)12(15)13(16)17/h3-5,7H,1,6H2,2H3,(H,16,17). The Morgan fingerprint density at radius 2 is 2.29 bits per heavy atom. The Morgan fingerprint density at radius 1 is 1.59 bits per heavy atom. The summed E-state index contributed by atoms with van der Waals surface area (Å²) in [5.41, 5.74) is 1.89. The molecule has 0 fully saturated rings. The summed E-state index contributed by atoms with van der Waals surface area (Å²) in [7, 11) is 0. The number of fused-ring (bicyclic) bond motifs is 1. The van der Waals surface area contributed by atoms with Crippen LogP contribution in [0.3, 0.4) is 0 Å². The number of carboxylic acid groups (broad SMARTS) is 1. The van der Waals surface area contributed by atoms with Crippen molar-refractivity contribution in [2.24, 2.45) is 0 Å². The van der Waals surface area contributed by atoms with Gasteiger partial charge in [-0.3, -0.25) is 0 Å². The number of allylic oxidation sites excluding steroid dienone is 1. The Kier molecular flexibility index (Phi) is 2.94. The lowest BCUT2D eigenvalue weighted by molar-refractivity contribution is 0.0685. The van der Waals surface area contributed by atoms with Crippen molar-refractivity contribution in [3.05, 3.63) is 47.1 Å². The first-order valence-corrected chi connectivity index (χ1v) is 5.56. The van der Waals surface area contributed by atoms with E-state index < -0.39 is 5.97 Å². The molecular weight excluding hydrogens is 238 g/mol. The van der Waals surface area contributed by atoms with Crippen molar-refractivity contribution < 1.29 is 9.90 Å². The first-order valence-electron chi connectivity index (χ1n) is 5.18. The van der Waals surface area contributed by atoms with Crippen molar-refractivity contribution in [2.75, 3.05) is 0 Å². The third-order valence-electron chi connectivity index (χ3n) is 2.79. The summed E-state index contributed by atoms with van der Waals surface area (Å²) in [4.78, 5) is 11.3. The average molecular weight is 250 g/mol. The van der Waals surface area contributed by atoms with Crippen LogP contribution in [0.5, 0.6) is 0 Å². The van der Waals surface area contributed by atoms with Crippen LogP contribution < -0.4 is 0 Å². The van der Waals surface area contributed by atoms with E-state index in [0.717, 1.165) is 16.5 Å². The Labute approximate surface area is 104 Å². The van der Waals surface area contributed by atoms with Gasteiger partial charge in [-0.2, -0.15) is 0 Å². The van der Waals surface area contributed by atoms with Gasteiger partial charge in [-0.1, -0.05) is 17.7 Å². The molecule has 17 heavy (non-hydrogen) atoms. The van der Waals surface area contributed by atoms with Gasteiger partial charge in [0.05, 0.1) is 0 Å². The topological polar surface area (TPSA) is 42.2 Å². The third-order valence-corrected chi connectivity index (χ3v) is 3.03. The van der Waals surface area contributed by atoms with Gasteiger partial charge in [0, 0.05) is 22.5 Å². The van der Waals surface area contributed by atoms with Crippen LogP contribution in [0.15, 0.2) is 30.9 Å². The van der Waals surface area contributed by atoms with Gasteiger partial charge in [-0.15, -0.1) is 6.58 Å². The maximum atomic E-state index is 11.3. The normalized spacial score (nSPS) is 10.7. The van der Waals surface area contributed by atoms with Gasteiger partial charge in [-0.25, -0.2) is 4.79 Å². The Bertz CT molecular complexity index is 613. The van der Waals surface area contributed by atoms with Gasteiger partial charge >= 0.3 is 5.97 Å². The molecule has 0 aliphatic carbocycles. The van der Waals surface area contributed by atoms with Crippen LogP contribution in [-0.4, -0.2) is 15.6 Å². The predicted octanol–water partition coefficient (Wildman–Crippen LogP) is 3.49. The van der Waals surface area contributed by atoms with Gasteiger partial charge in [0.2, 0.25) is 0 Å². The molecule has 0 aliphatic heterocycles. The maximum Gasteiger partial charge on any atom is 0.352 e. The van der Waals surface area contributed by atoms with E-state index in [9.17, 15) is 9.90 Å². The summed E-state index contributed by atoms with van der Waals surface area (Å²) in [6.45, 7) is 5.91. The van der Waals surface area contributed by atoms with E-state index in [1.165, 1.54) is 0 Å². The zero-order chi connectivity index (χ0) is 12.6. The van der Waals surface area contributed by atoms with Crippen LogP contribution in [0.4, 0.5) is 0 Å². The van der Waals surface area contributed by atoms with Crippen molar-refractivity contribution in [3.63, 3.8) is 0 Å². The highest BCUT2D eigenvalue weighted by Crippen LogP contribution is 2.28. The van der Waals surface area contributed by atoms with Gasteiger partial charge in [0.25, 0.3) is 0 Å². The zero-order valence-corrected chi connectivity index (χ0v) is 10.2. The second kappa shape index (κ2) is 4.26. The van der Waals surface area contributed by atoms with E-state index in [1.807, 2.05) is 6.07 Å². The number of rotatable bonds is 3. The van der Waals surface area contributed by atoms with E-state index in [2.05, 4.69) is 6.58 Å². The molecule has 3 nitrogen and oxygen atoms in total. The number of carboxylic acids is 1. The Morgan fingerprint density at radius 3 is 2.88 bits per heavy atom. The van der Waals surface area contributed by atoms with Crippen LogP contribution in [-0.2, 0) is 6.54 Å². The summed E-state index contributed by atoms with van der Waals surface area (Å²) < 4.78 is 1.73. The number of halogens is 1. The van der Waals surface area contributed by atoms with E-state index in [1.54, 1.807) is 29.7 Å². The lowest BCUT2D eigenvalue weighted by Crippen LogP contribution is -2.08. The maximum absolute atomic E-state index is 11.3. The summed E-state index contributed by atoms with van der Waals surface area (Å²) in [6, 6.07) is 5.38. The highest BCUT2D eigenvalue weighted by molar-refractivity contribution is 6.31. The van der Waals surface area contributed by atoms with Crippen molar-refractivity contribution in [2.45, 2.75) is 13.5 Å². The largest absolute Gasteiger partial charge is 0.477 e. The molecule has 0 saturated carbocycles. The highest BCUT2D eigenvalue weighted by atomic mass is 35.5. The average Bonchev–Trinajstić information content (AvgIpc) is 2.53. The van der Waals surface area contributed by atoms with Crippen molar-refractivity contribution in [1.82, 2.24) is 4.57 Å². The second-order valence-corrected chi connectivity index (χ2v) is 4.28. The number of hydrogen-bond donors (Lipinski definition) is 1. The molecule has 0 spiro atoms. The number of benzene rings is 1. The SMILES string of the molecule is C=CCn1c(C(=O)O)c(C)c2cc(Cl)ccc21. The number of aromatic carboxylic acids is 1. The van der Waals surface area contributed by atoms with Crippen LogP contribution >= 0.6 is 11.6 Å². The fraction of sp³-hybridized carbons (Fsp3) is 0.154. The zero-order valence-electron chi connectivity index (χ0n) is 9.40. The number of carbonyl (C=O) groups is 1. The molecule has 1 aromatic carbocycles. The van der Waals surface area contributed by atoms with Crippen LogP contribution in [0.2, 0.25) is 5.02 Å². The van der Waals surface area contributed by atoms with Crippen LogP contribution in [0, 0.1) is 6.92 Å². The minimum absolute atomic E-state index is 0.294. The molecular formula is C13H12ClNO2. The smallest absolute Gasteiger partial charge is 0.352 e. The summed E-state index contributed by atoms with van der Waals surface area (Å²) in [6.07, 6.45) is 1.68. The quantitative estimate of drug-likeness (QED) is 0.846. The second-order valence-electron chi connectivity index (χ2n) is 3.84. The number of aryl methyl sites for hydroxylation is 1. The first-order chi connectivity index (χ1) is 8.06. The fourth-order valence-electron chi connectivity index (χ4n) is 2.09. The van der Waals surface area contributed by atoms with Crippen molar-refractivity contribution in [3.8, 4) is 0 Å². The van der Waals surface area contributed by atoms with Crippen molar-refractivity contribution >= 4 is 28.5 Å². The van der Waals surface area contributed by atoms with Gasteiger partial charge < -0.3 is 9.67 Å². The third kappa shape index (κ3) is 1.83. The molecule has 1 N–H and O–H groups in total. The minimum atomic E-state index is -0.934. The van der Waals surface area contributed by atoms with Gasteiger partial charge in [-0.05, 0) is 30.7 Å². The molecule has 0 bridgehead atoms. The molecule has 4 heteroatoms. The monoisotopic (exact) mass is 249 g/mol. The molecule has 0 amide bonds. The lowest BCUT2D eigenvalue weighted by Gasteiger charge is -2.04. The number of aromatic nitrogens is 1. The molecule has 0 atom stereocenters. The Hall–Kier alpha value is -1.74. The Balaban J connectivity index is 2.87. The van der Waals surface area contributed by atoms with Gasteiger partial charge in [0.1, 0.15) is 5.69 Å². The van der Waals surface area contributed by atoms with E-state index in [0.29, 0.717) is 17.3 Å².